The molecule has 2 amide bonds. The number of likely N-dealkylation sites (tertiary alicyclic amines) is 1. The van der Waals surface area contributed by atoms with Crippen LogP contribution in [-0.4, -0.2) is 48.2 Å². The molecule has 9 heteroatoms. The van der Waals surface area contributed by atoms with Crippen molar-refractivity contribution in [2.45, 2.75) is 26.1 Å². The van der Waals surface area contributed by atoms with Gasteiger partial charge in [0, 0.05) is 55.4 Å². The number of amides is 2. The Hall–Kier alpha value is -3.43. The number of nitrogens with one attached hydrogen (secondary N) is 1. The molecule has 3 aromatic rings. The molecule has 1 aromatic heterocycles. The van der Waals surface area contributed by atoms with Crippen molar-refractivity contribution in [2.75, 3.05) is 25.5 Å². The Labute approximate surface area is 196 Å². The molecule has 1 saturated heterocycles. The third-order valence-corrected chi connectivity index (χ3v) is 5.83. The summed E-state index contributed by atoms with van der Waals surface area (Å²) in [6.07, 6.45) is 2.84. The van der Waals surface area contributed by atoms with Crippen LogP contribution in [0.15, 0.2) is 54.0 Å². The molecular weight excluding hydrogens is 442 g/mol. The van der Waals surface area contributed by atoms with Crippen molar-refractivity contribution in [3.8, 4) is 17.2 Å². The number of hydrogen-bond acceptors (Lipinski definition) is 7. The molecular formula is C24H25N3O5S. The van der Waals surface area contributed by atoms with Gasteiger partial charge in [0.05, 0.1) is 0 Å². The summed E-state index contributed by atoms with van der Waals surface area (Å²) in [5.74, 6) is 1.09. The third kappa shape index (κ3) is 5.68. The molecule has 0 bridgehead atoms. The number of thiazole rings is 1. The maximum Gasteiger partial charge on any atom is 0.257 e. The van der Waals surface area contributed by atoms with Gasteiger partial charge in [-0.2, -0.15) is 0 Å². The van der Waals surface area contributed by atoms with Crippen LogP contribution in [0.5, 0.6) is 17.2 Å². The third-order valence-electron chi connectivity index (χ3n) is 5.14. The first-order valence-electron chi connectivity index (χ1n) is 10.7. The van der Waals surface area contributed by atoms with E-state index >= 15 is 0 Å². The quantitative estimate of drug-likeness (QED) is 0.455. The second-order valence-electron chi connectivity index (χ2n) is 7.45. The van der Waals surface area contributed by atoms with Gasteiger partial charge in [0.1, 0.15) is 17.2 Å². The number of nitrogens with zero attached hydrogens (tertiary/aromatic N) is 2. The van der Waals surface area contributed by atoms with Crippen LogP contribution in [0, 0.1) is 0 Å². The van der Waals surface area contributed by atoms with Gasteiger partial charge in [-0.15, -0.1) is 11.3 Å². The van der Waals surface area contributed by atoms with Crippen LogP contribution in [0.2, 0.25) is 0 Å². The first-order valence-corrected chi connectivity index (χ1v) is 11.6. The lowest BCUT2D eigenvalue weighted by atomic mass is 10.1. The largest absolute Gasteiger partial charge is 0.465 e. The molecule has 172 valence electrons. The first kappa shape index (κ1) is 22.8. The SMILES string of the molecule is CCC(OC)Oc1cc(Oc2ccc(C(=O)N3CCC3)cc2)cc(C(=O)Nc2nccs2)c1. The summed E-state index contributed by atoms with van der Waals surface area (Å²) in [6.45, 7) is 3.54. The highest BCUT2D eigenvalue weighted by molar-refractivity contribution is 7.13. The highest BCUT2D eigenvalue weighted by atomic mass is 32.1. The predicted octanol–water partition coefficient (Wildman–Crippen LogP) is 4.79. The Morgan fingerprint density at radius 2 is 1.85 bits per heavy atom. The van der Waals surface area contributed by atoms with Gasteiger partial charge in [0.15, 0.2) is 11.4 Å². The summed E-state index contributed by atoms with van der Waals surface area (Å²) in [5, 5.41) is 5.05. The smallest absolute Gasteiger partial charge is 0.257 e. The molecule has 33 heavy (non-hydrogen) atoms. The average molecular weight is 468 g/mol. The standard InChI is InChI=1S/C24H25N3O5S/c1-3-21(30-2)32-20-14-17(22(28)26-24-25-9-12-33-24)13-19(15-20)31-18-7-5-16(6-8-18)23(29)27-10-4-11-27/h5-9,12-15,21H,3-4,10-11H2,1-2H3,(H,25,26,28). The minimum atomic E-state index is -0.457. The number of anilines is 1. The summed E-state index contributed by atoms with van der Waals surface area (Å²) in [4.78, 5) is 31.0. The van der Waals surface area contributed by atoms with E-state index in [2.05, 4.69) is 10.3 Å². The van der Waals surface area contributed by atoms with Crippen LogP contribution >= 0.6 is 11.3 Å². The van der Waals surface area contributed by atoms with Crippen LogP contribution in [0.3, 0.4) is 0 Å². The Kier molecular flexibility index (Phi) is 7.21. The Morgan fingerprint density at radius 1 is 1.09 bits per heavy atom. The minimum absolute atomic E-state index is 0.0227. The number of ether oxygens (including phenoxy) is 3. The number of carbonyl (C=O) groups excluding carboxylic acids is 2. The molecule has 1 N–H and O–H groups in total. The number of benzene rings is 2. The summed E-state index contributed by atoms with van der Waals surface area (Å²) in [6, 6.07) is 11.9. The van der Waals surface area contributed by atoms with Crippen LogP contribution in [0.1, 0.15) is 40.5 Å². The summed E-state index contributed by atoms with van der Waals surface area (Å²) < 4.78 is 17.2. The zero-order valence-corrected chi connectivity index (χ0v) is 19.3. The molecule has 1 aliphatic rings. The number of methoxy groups -OCH3 is 1. The number of rotatable bonds is 9. The van der Waals surface area contributed by atoms with Crippen molar-refractivity contribution < 1.29 is 23.8 Å². The normalized spacial score (nSPS) is 13.7. The Balaban J connectivity index is 1.55. The monoisotopic (exact) mass is 467 g/mol. The minimum Gasteiger partial charge on any atom is -0.465 e. The van der Waals surface area contributed by atoms with Crippen molar-refractivity contribution in [3.05, 3.63) is 65.2 Å². The van der Waals surface area contributed by atoms with Crippen molar-refractivity contribution in [2.24, 2.45) is 0 Å². The molecule has 0 saturated carbocycles. The number of aromatic nitrogens is 1. The molecule has 1 unspecified atom stereocenters. The molecule has 1 atom stereocenters. The van der Waals surface area contributed by atoms with Gasteiger partial charge in [-0.3, -0.25) is 14.9 Å². The summed E-state index contributed by atoms with van der Waals surface area (Å²) in [5.41, 5.74) is 0.974. The van der Waals surface area contributed by atoms with E-state index in [1.54, 1.807) is 61.2 Å². The van der Waals surface area contributed by atoms with E-state index in [0.717, 1.165) is 19.5 Å². The van der Waals surface area contributed by atoms with Crippen molar-refractivity contribution in [1.29, 1.82) is 0 Å². The number of hydrogen-bond donors (Lipinski definition) is 1. The lowest BCUT2D eigenvalue weighted by molar-refractivity contribution is -0.0549. The first-order chi connectivity index (χ1) is 16.1. The Morgan fingerprint density at radius 3 is 2.45 bits per heavy atom. The predicted molar refractivity (Wildman–Crippen MR) is 125 cm³/mol. The molecule has 2 aromatic carbocycles. The maximum atomic E-state index is 12.8. The van der Waals surface area contributed by atoms with Crippen LogP contribution in [0.25, 0.3) is 0 Å². The highest BCUT2D eigenvalue weighted by Crippen LogP contribution is 2.29. The van der Waals surface area contributed by atoms with Crippen molar-refractivity contribution >= 4 is 28.3 Å². The van der Waals surface area contributed by atoms with Gasteiger partial charge in [-0.25, -0.2) is 4.98 Å². The van der Waals surface area contributed by atoms with E-state index in [1.165, 1.54) is 11.3 Å². The van der Waals surface area contributed by atoms with Gasteiger partial charge in [-0.05, 0) is 42.8 Å². The fraction of sp³-hybridized carbons (Fsp3) is 0.292. The van der Waals surface area contributed by atoms with Crippen LogP contribution < -0.4 is 14.8 Å². The van der Waals surface area contributed by atoms with Gasteiger partial charge < -0.3 is 19.1 Å². The molecule has 2 heterocycles. The van der Waals surface area contributed by atoms with E-state index in [0.29, 0.717) is 39.9 Å². The molecule has 1 aliphatic heterocycles. The van der Waals surface area contributed by atoms with E-state index in [-0.39, 0.29) is 11.8 Å². The summed E-state index contributed by atoms with van der Waals surface area (Å²) >= 11 is 1.33. The molecule has 8 nitrogen and oxygen atoms in total. The fourth-order valence-corrected chi connectivity index (χ4v) is 3.76. The topological polar surface area (TPSA) is 90.0 Å². The highest BCUT2D eigenvalue weighted by Gasteiger charge is 2.21. The average Bonchev–Trinajstić information content (AvgIpc) is 3.29. The molecule has 0 aliphatic carbocycles. The van der Waals surface area contributed by atoms with Crippen molar-refractivity contribution in [3.63, 3.8) is 0 Å². The maximum absolute atomic E-state index is 12.8. The lowest BCUT2D eigenvalue weighted by Gasteiger charge is -2.30. The van der Waals surface area contributed by atoms with Gasteiger partial charge >= 0.3 is 0 Å². The fourth-order valence-electron chi connectivity index (χ4n) is 3.24. The zero-order valence-electron chi connectivity index (χ0n) is 18.4. The molecule has 1 fully saturated rings. The Bertz CT molecular complexity index is 1090. The van der Waals surface area contributed by atoms with E-state index < -0.39 is 6.29 Å². The molecule has 0 radical (unpaired) electrons. The van der Waals surface area contributed by atoms with E-state index in [4.69, 9.17) is 14.2 Å². The molecule has 4 rings (SSSR count). The molecule has 0 spiro atoms. The van der Waals surface area contributed by atoms with Crippen molar-refractivity contribution in [1.82, 2.24) is 9.88 Å². The van der Waals surface area contributed by atoms with E-state index in [1.807, 2.05) is 11.8 Å². The lowest BCUT2D eigenvalue weighted by Crippen LogP contribution is -2.41. The summed E-state index contributed by atoms with van der Waals surface area (Å²) in [7, 11) is 1.56. The zero-order chi connectivity index (χ0) is 23.2. The van der Waals surface area contributed by atoms with Gasteiger partial charge in [-0.1, -0.05) is 6.92 Å². The second kappa shape index (κ2) is 10.5. The van der Waals surface area contributed by atoms with Crippen LogP contribution in [-0.2, 0) is 4.74 Å². The number of carbonyl (C=O) groups is 2. The second-order valence-corrected chi connectivity index (χ2v) is 8.34. The van der Waals surface area contributed by atoms with Crippen LogP contribution in [0.4, 0.5) is 5.13 Å². The van der Waals surface area contributed by atoms with Gasteiger partial charge in [0.2, 0.25) is 0 Å². The van der Waals surface area contributed by atoms with E-state index in [9.17, 15) is 9.59 Å². The van der Waals surface area contributed by atoms with Gasteiger partial charge in [0.25, 0.3) is 11.8 Å².